The van der Waals surface area contributed by atoms with E-state index in [4.69, 9.17) is 4.74 Å². The summed E-state index contributed by atoms with van der Waals surface area (Å²) in [4.78, 5) is 0. The first kappa shape index (κ1) is 15.7. The van der Waals surface area contributed by atoms with Gasteiger partial charge in [-0.25, -0.2) is 0 Å². The van der Waals surface area contributed by atoms with Crippen molar-refractivity contribution in [3.05, 3.63) is 29.8 Å². The van der Waals surface area contributed by atoms with Crippen LogP contribution in [0, 0.1) is 0 Å². The van der Waals surface area contributed by atoms with E-state index in [0.29, 0.717) is 10.8 Å². The Morgan fingerprint density at radius 3 is 2.45 bits per heavy atom. The fourth-order valence-corrected chi connectivity index (χ4v) is 3.94. The van der Waals surface area contributed by atoms with Crippen molar-refractivity contribution in [2.24, 2.45) is 0 Å². The molecule has 20 heavy (non-hydrogen) atoms. The first-order valence-corrected chi connectivity index (χ1v) is 8.81. The molecule has 0 heterocycles. The molecule has 0 aliphatic heterocycles. The maximum Gasteiger partial charge on any atom is 0.118 e. The first-order valence-electron chi connectivity index (χ1n) is 7.59. The highest BCUT2D eigenvalue weighted by Gasteiger charge is 2.32. The van der Waals surface area contributed by atoms with Crippen molar-refractivity contribution in [1.29, 1.82) is 0 Å². The van der Waals surface area contributed by atoms with Crippen molar-refractivity contribution in [3.63, 3.8) is 0 Å². The Labute approximate surface area is 127 Å². The van der Waals surface area contributed by atoms with Crippen LogP contribution in [0.1, 0.15) is 38.2 Å². The van der Waals surface area contributed by atoms with Crippen molar-refractivity contribution in [2.75, 3.05) is 19.9 Å². The van der Waals surface area contributed by atoms with Crippen LogP contribution >= 0.6 is 11.8 Å². The molecule has 0 spiro atoms. The average Bonchev–Trinajstić information content (AvgIpc) is 2.95. The minimum Gasteiger partial charge on any atom is -0.497 e. The smallest absolute Gasteiger partial charge is 0.118 e. The minimum atomic E-state index is 0.494. The summed E-state index contributed by atoms with van der Waals surface area (Å²) in [6, 6.07) is 8.94. The zero-order chi connectivity index (χ0) is 14.4. The number of ether oxygens (including phenoxy) is 1. The fourth-order valence-electron chi connectivity index (χ4n) is 3.02. The molecule has 2 nitrogen and oxygen atoms in total. The van der Waals surface area contributed by atoms with Gasteiger partial charge in [0.25, 0.3) is 0 Å². The Balaban J connectivity index is 1.80. The Morgan fingerprint density at radius 1 is 1.25 bits per heavy atom. The second-order valence-corrected chi connectivity index (χ2v) is 7.20. The third-order valence-corrected chi connectivity index (χ3v) is 5.84. The normalized spacial score (nSPS) is 18.9. The summed E-state index contributed by atoms with van der Waals surface area (Å²) in [5.74, 6) is 0.932. The van der Waals surface area contributed by atoms with Crippen LogP contribution in [0.2, 0.25) is 0 Å². The van der Waals surface area contributed by atoms with E-state index in [2.05, 4.69) is 42.4 Å². The number of rotatable bonds is 7. The number of thioether (sulfide) groups is 1. The number of hydrogen-bond donors (Lipinski definition) is 1. The Hall–Kier alpha value is -0.670. The lowest BCUT2D eigenvalue weighted by molar-refractivity contribution is 0.414. The first-order chi connectivity index (χ1) is 9.67. The fraction of sp³-hybridized carbons (Fsp3) is 0.647. The summed E-state index contributed by atoms with van der Waals surface area (Å²) in [5.41, 5.74) is 1.37. The van der Waals surface area contributed by atoms with Crippen molar-refractivity contribution in [3.8, 4) is 5.75 Å². The molecular formula is C17H27NOS. The van der Waals surface area contributed by atoms with Crippen LogP contribution in [0.3, 0.4) is 0 Å². The molecule has 1 aliphatic carbocycles. The lowest BCUT2D eigenvalue weighted by Crippen LogP contribution is -2.40. The summed E-state index contributed by atoms with van der Waals surface area (Å²) >= 11 is 2.05. The molecule has 1 fully saturated rings. The van der Waals surface area contributed by atoms with E-state index in [1.165, 1.54) is 31.2 Å². The summed E-state index contributed by atoms with van der Waals surface area (Å²) < 4.78 is 5.69. The molecular weight excluding hydrogens is 266 g/mol. The third-order valence-electron chi connectivity index (χ3n) is 4.42. The molecule has 0 saturated heterocycles. The van der Waals surface area contributed by atoms with Gasteiger partial charge in [-0.2, -0.15) is 11.8 Å². The number of hydrogen-bond acceptors (Lipinski definition) is 3. The maximum atomic E-state index is 5.20. The Bertz CT molecular complexity index is 398. The van der Waals surface area contributed by atoms with E-state index in [1.807, 2.05) is 12.1 Å². The molecule has 0 amide bonds. The Kier molecular flexibility index (Phi) is 5.79. The minimum absolute atomic E-state index is 0.494. The van der Waals surface area contributed by atoms with Crippen molar-refractivity contribution in [2.45, 2.75) is 49.8 Å². The van der Waals surface area contributed by atoms with E-state index < -0.39 is 0 Å². The van der Waals surface area contributed by atoms with Gasteiger partial charge in [0.05, 0.1) is 7.11 Å². The van der Waals surface area contributed by atoms with E-state index in [9.17, 15) is 0 Å². The highest BCUT2D eigenvalue weighted by molar-refractivity contribution is 8.00. The van der Waals surface area contributed by atoms with Crippen LogP contribution in [0.4, 0.5) is 0 Å². The lowest BCUT2D eigenvalue weighted by Gasteiger charge is -2.29. The summed E-state index contributed by atoms with van der Waals surface area (Å²) in [5, 5.41) is 3.74. The van der Waals surface area contributed by atoms with Crippen LogP contribution in [0.15, 0.2) is 24.3 Å². The lowest BCUT2D eigenvalue weighted by atomic mass is 10.0. The van der Waals surface area contributed by atoms with Gasteiger partial charge in [-0.1, -0.05) is 25.0 Å². The molecule has 112 valence electrons. The number of nitrogens with one attached hydrogen (secondary N) is 1. The molecule has 1 unspecified atom stereocenters. The van der Waals surface area contributed by atoms with Crippen LogP contribution < -0.4 is 10.1 Å². The van der Waals surface area contributed by atoms with Crippen molar-refractivity contribution >= 4 is 11.8 Å². The average molecular weight is 293 g/mol. The quantitative estimate of drug-likeness (QED) is 0.824. The van der Waals surface area contributed by atoms with Gasteiger partial charge in [0.1, 0.15) is 5.75 Å². The van der Waals surface area contributed by atoms with E-state index in [0.717, 1.165) is 18.7 Å². The van der Waals surface area contributed by atoms with Gasteiger partial charge < -0.3 is 10.1 Å². The molecule has 0 bridgehead atoms. The second kappa shape index (κ2) is 7.37. The van der Waals surface area contributed by atoms with Gasteiger partial charge in [0.15, 0.2) is 0 Å². The van der Waals surface area contributed by atoms with Crippen molar-refractivity contribution < 1.29 is 4.74 Å². The van der Waals surface area contributed by atoms with E-state index in [-0.39, 0.29) is 0 Å². The van der Waals surface area contributed by atoms with Crippen LogP contribution in [0.5, 0.6) is 5.75 Å². The number of benzene rings is 1. The second-order valence-electron chi connectivity index (χ2n) is 5.93. The summed E-state index contributed by atoms with van der Waals surface area (Å²) in [6.07, 6.45) is 8.88. The molecule has 0 aromatic heterocycles. The summed E-state index contributed by atoms with van der Waals surface area (Å²) in [7, 11) is 1.71. The van der Waals surface area contributed by atoms with Crippen LogP contribution in [-0.4, -0.2) is 30.7 Å². The molecule has 1 atom stereocenters. The zero-order valence-electron chi connectivity index (χ0n) is 12.9. The predicted molar refractivity (Wildman–Crippen MR) is 88.9 cm³/mol. The molecule has 1 aromatic carbocycles. The van der Waals surface area contributed by atoms with Gasteiger partial charge in [-0.3, -0.25) is 0 Å². The highest BCUT2D eigenvalue weighted by Crippen LogP contribution is 2.39. The molecule has 2 rings (SSSR count). The van der Waals surface area contributed by atoms with Gasteiger partial charge >= 0.3 is 0 Å². The predicted octanol–water partition coefficient (Wildman–Crippen LogP) is 3.89. The van der Waals surface area contributed by atoms with Gasteiger partial charge in [0, 0.05) is 17.3 Å². The Morgan fingerprint density at radius 2 is 1.90 bits per heavy atom. The molecule has 1 aliphatic rings. The molecule has 3 heteroatoms. The van der Waals surface area contributed by atoms with E-state index in [1.54, 1.807) is 7.11 Å². The molecule has 1 saturated carbocycles. The van der Waals surface area contributed by atoms with Crippen molar-refractivity contribution in [1.82, 2.24) is 5.32 Å². The van der Waals surface area contributed by atoms with Gasteiger partial charge in [-0.05, 0) is 50.1 Å². The zero-order valence-corrected chi connectivity index (χ0v) is 13.8. The van der Waals surface area contributed by atoms with Crippen LogP contribution in [-0.2, 0) is 6.42 Å². The third kappa shape index (κ3) is 4.16. The van der Waals surface area contributed by atoms with Gasteiger partial charge in [-0.15, -0.1) is 0 Å². The number of methoxy groups -OCH3 is 1. The highest BCUT2D eigenvalue weighted by atomic mass is 32.2. The largest absolute Gasteiger partial charge is 0.497 e. The SMILES string of the molecule is COc1ccc(CC(C)NCC2(SC)CCCC2)cc1. The molecule has 1 N–H and O–H groups in total. The topological polar surface area (TPSA) is 21.3 Å². The molecule has 1 aromatic rings. The molecule has 0 radical (unpaired) electrons. The monoisotopic (exact) mass is 293 g/mol. The maximum absolute atomic E-state index is 5.20. The standard InChI is InChI=1S/C17H27NOS/c1-14(12-15-6-8-16(19-2)9-7-15)18-13-17(20-3)10-4-5-11-17/h6-9,14,18H,4-5,10-13H2,1-3H3. The van der Waals surface area contributed by atoms with E-state index >= 15 is 0 Å². The summed E-state index contributed by atoms with van der Waals surface area (Å²) in [6.45, 7) is 3.43. The van der Waals surface area contributed by atoms with Gasteiger partial charge in [0.2, 0.25) is 0 Å². The van der Waals surface area contributed by atoms with Crippen LogP contribution in [0.25, 0.3) is 0 Å².